The standard InChI is InChI=1S/C31H35N7O3S/c1-31(2,3)26-18-27(36-41-26)35-29(40)33-22-10-7-20(8-11-22)23-19-38-24-12-9-21(17-25(24)42-30(38)34-23)28(39)32-13-16-37-14-5-4-6-15-37/h7-12,17-19H,4-6,13-16H2,1-3H3,(H,32,39)(H2,33,35,36,40). The molecular weight excluding hydrogens is 550 g/mol. The summed E-state index contributed by atoms with van der Waals surface area (Å²) < 4.78 is 8.39. The van der Waals surface area contributed by atoms with Gasteiger partial charge in [-0.3, -0.25) is 14.5 Å². The summed E-state index contributed by atoms with van der Waals surface area (Å²) in [6.45, 7) is 9.85. The van der Waals surface area contributed by atoms with Crippen molar-refractivity contribution in [3.63, 3.8) is 0 Å². The lowest BCUT2D eigenvalue weighted by Crippen LogP contribution is -2.37. The summed E-state index contributed by atoms with van der Waals surface area (Å²) in [4.78, 5) is 33.3. The van der Waals surface area contributed by atoms with E-state index in [0.29, 0.717) is 29.4 Å². The number of piperidine rings is 1. The number of hydrogen-bond donors (Lipinski definition) is 3. The molecule has 1 aliphatic rings. The maximum absolute atomic E-state index is 12.8. The summed E-state index contributed by atoms with van der Waals surface area (Å²) >= 11 is 1.56. The second-order valence-corrected chi connectivity index (χ2v) is 12.7. The summed E-state index contributed by atoms with van der Waals surface area (Å²) in [5.41, 5.74) is 3.88. The normalized spacial score (nSPS) is 14.4. The van der Waals surface area contributed by atoms with Crippen molar-refractivity contribution in [1.29, 1.82) is 0 Å². The third-order valence-corrected chi connectivity index (χ3v) is 8.47. The quantitative estimate of drug-likeness (QED) is 0.205. The molecule has 42 heavy (non-hydrogen) atoms. The van der Waals surface area contributed by atoms with Crippen LogP contribution in [-0.2, 0) is 5.41 Å². The molecule has 0 radical (unpaired) electrons. The lowest BCUT2D eigenvalue weighted by Gasteiger charge is -2.26. The van der Waals surface area contributed by atoms with Crippen LogP contribution in [0.25, 0.3) is 26.4 Å². The molecule has 0 unspecified atom stereocenters. The minimum Gasteiger partial charge on any atom is -0.359 e. The van der Waals surface area contributed by atoms with E-state index in [9.17, 15) is 9.59 Å². The number of nitrogens with zero attached hydrogens (tertiary/aromatic N) is 4. The van der Waals surface area contributed by atoms with Crippen LogP contribution in [0.3, 0.4) is 0 Å². The van der Waals surface area contributed by atoms with Crippen molar-refractivity contribution in [3.05, 3.63) is 66.1 Å². The van der Waals surface area contributed by atoms with E-state index in [0.717, 1.165) is 46.1 Å². The zero-order chi connectivity index (χ0) is 29.3. The number of benzene rings is 2. The van der Waals surface area contributed by atoms with Crippen molar-refractivity contribution >= 4 is 50.0 Å². The van der Waals surface area contributed by atoms with Crippen LogP contribution in [0.15, 0.2) is 59.3 Å². The lowest BCUT2D eigenvalue weighted by molar-refractivity contribution is 0.0946. The fourth-order valence-electron chi connectivity index (χ4n) is 5.08. The van der Waals surface area contributed by atoms with Crippen LogP contribution >= 0.6 is 11.3 Å². The van der Waals surface area contributed by atoms with Gasteiger partial charge in [0.2, 0.25) is 0 Å². The van der Waals surface area contributed by atoms with Gasteiger partial charge in [0.1, 0.15) is 5.76 Å². The summed E-state index contributed by atoms with van der Waals surface area (Å²) in [6, 6.07) is 14.6. The van der Waals surface area contributed by atoms with Gasteiger partial charge in [-0.25, -0.2) is 9.78 Å². The lowest BCUT2D eigenvalue weighted by atomic mass is 9.93. The van der Waals surface area contributed by atoms with E-state index in [1.54, 1.807) is 17.4 Å². The maximum atomic E-state index is 12.8. The van der Waals surface area contributed by atoms with E-state index < -0.39 is 6.03 Å². The van der Waals surface area contributed by atoms with Gasteiger partial charge in [0.25, 0.3) is 5.91 Å². The largest absolute Gasteiger partial charge is 0.359 e. The number of anilines is 2. The molecule has 11 heteroatoms. The first-order valence-corrected chi connectivity index (χ1v) is 15.1. The first-order chi connectivity index (χ1) is 20.2. The Bertz CT molecular complexity index is 1720. The molecule has 0 aliphatic carbocycles. The molecule has 4 heterocycles. The van der Waals surface area contributed by atoms with Gasteiger partial charge in [-0.2, -0.15) is 0 Å². The smallest absolute Gasteiger partial charge is 0.324 e. The van der Waals surface area contributed by atoms with E-state index in [1.807, 2.05) is 69.4 Å². The average Bonchev–Trinajstić information content (AvgIpc) is 3.69. The number of carbonyl (C=O) groups is 2. The van der Waals surface area contributed by atoms with Crippen molar-refractivity contribution < 1.29 is 14.1 Å². The molecule has 0 bridgehead atoms. The minimum absolute atomic E-state index is 0.0429. The van der Waals surface area contributed by atoms with Crippen molar-refractivity contribution in [2.75, 3.05) is 36.8 Å². The van der Waals surface area contributed by atoms with Crippen LogP contribution in [0.4, 0.5) is 16.3 Å². The van der Waals surface area contributed by atoms with E-state index in [4.69, 9.17) is 9.51 Å². The first-order valence-electron chi connectivity index (χ1n) is 14.3. The summed E-state index contributed by atoms with van der Waals surface area (Å²) in [6.07, 6.45) is 5.80. The third kappa shape index (κ3) is 6.17. The summed E-state index contributed by atoms with van der Waals surface area (Å²) in [5.74, 6) is 1.01. The van der Waals surface area contributed by atoms with E-state index >= 15 is 0 Å². The number of thiazole rings is 1. The predicted octanol–water partition coefficient (Wildman–Crippen LogP) is 6.36. The van der Waals surface area contributed by atoms with Crippen LogP contribution in [0.5, 0.6) is 0 Å². The number of likely N-dealkylation sites (tertiary alicyclic amines) is 1. The highest BCUT2D eigenvalue weighted by molar-refractivity contribution is 7.23. The van der Waals surface area contributed by atoms with Crippen molar-refractivity contribution in [2.45, 2.75) is 45.4 Å². The molecule has 1 aliphatic heterocycles. The SMILES string of the molecule is CC(C)(C)c1cc(NC(=O)Nc2ccc(-c3cn4c(n3)sc3cc(C(=O)NCCN5CCCCC5)ccc34)cc2)no1. The fourth-order valence-corrected chi connectivity index (χ4v) is 6.13. The van der Waals surface area contributed by atoms with Gasteiger partial charge >= 0.3 is 6.03 Å². The Morgan fingerprint density at radius 2 is 1.79 bits per heavy atom. The second-order valence-electron chi connectivity index (χ2n) is 11.7. The molecule has 3 aromatic heterocycles. The molecule has 1 fully saturated rings. The number of rotatable bonds is 7. The number of urea groups is 1. The molecule has 10 nitrogen and oxygen atoms in total. The highest BCUT2D eigenvalue weighted by atomic mass is 32.1. The molecule has 218 valence electrons. The Labute approximate surface area is 248 Å². The molecule has 0 atom stereocenters. The van der Waals surface area contributed by atoms with Gasteiger partial charge in [0.05, 0.1) is 15.9 Å². The molecule has 1 saturated heterocycles. The van der Waals surface area contributed by atoms with E-state index in [1.165, 1.54) is 19.3 Å². The predicted molar refractivity (Wildman–Crippen MR) is 166 cm³/mol. The van der Waals surface area contributed by atoms with Crippen molar-refractivity contribution in [3.8, 4) is 11.3 Å². The number of amides is 3. The molecule has 0 saturated carbocycles. The minimum atomic E-state index is -0.402. The van der Waals surface area contributed by atoms with Gasteiger partial charge in [-0.1, -0.05) is 55.8 Å². The third-order valence-electron chi connectivity index (χ3n) is 7.45. The van der Waals surface area contributed by atoms with Crippen molar-refractivity contribution in [2.24, 2.45) is 0 Å². The molecule has 2 aromatic carbocycles. The van der Waals surface area contributed by atoms with Crippen LogP contribution in [-0.4, -0.2) is 57.6 Å². The summed E-state index contributed by atoms with van der Waals surface area (Å²) in [5, 5.41) is 12.5. The van der Waals surface area contributed by atoms with Gasteiger partial charge in [0, 0.05) is 47.6 Å². The number of nitrogens with one attached hydrogen (secondary N) is 3. The van der Waals surface area contributed by atoms with Gasteiger partial charge in [-0.05, 0) is 56.3 Å². The van der Waals surface area contributed by atoms with Gasteiger partial charge in [-0.15, -0.1) is 0 Å². The Morgan fingerprint density at radius 1 is 1.00 bits per heavy atom. The Balaban J connectivity index is 1.08. The van der Waals surface area contributed by atoms with E-state index in [-0.39, 0.29) is 11.3 Å². The molecule has 6 rings (SSSR count). The molecule has 5 aromatic rings. The number of carbonyl (C=O) groups excluding carboxylic acids is 2. The molecule has 3 N–H and O–H groups in total. The number of hydrogen-bond acceptors (Lipinski definition) is 7. The topological polar surface area (TPSA) is 117 Å². The monoisotopic (exact) mass is 585 g/mol. The Kier molecular flexibility index (Phi) is 7.70. The number of imidazole rings is 1. The van der Waals surface area contributed by atoms with Crippen LogP contribution in [0, 0.1) is 0 Å². The molecule has 3 amide bonds. The Morgan fingerprint density at radius 3 is 2.52 bits per heavy atom. The van der Waals surface area contributed by atoms with Gasteiger partial charge in [0.15, 0.2) is 10.8 Å². The second kappa shape index (κ2) is 11.6. The van der Waals surface area contributed by atoms with Crippen molar-refractivity contribution in [1.82, 2.24) is 24.8 Å². The fraction of sp³-hybridized carbons (Fsp3) is 0.355. The van der Waals surface area contributed by atoms with Crippen LogP contribution in [0.1, 0.15) is 56.2 Å². The number of fused-ring (bicyclic) bond motifs is 3. The molecular formula is C31H35N7O3S. The van der Waals surface area contributed by atoms with Crippen LogP contribution in [0.2, 0.25) is 0 Å². The number of aromatic nitrogens is 3. The molecule has 0 spiro atoms. The average molecular weight is 586 g/mol. The highest BCUT2D eigenvalue weighted by Gasteiger charge is 2.20. The maximum Gasteiger partial charge on any atom is 0.324 e. The zero-order valence-corrected chi connectivity index (χ0v) is 24.9. The highest BCUT2D eigenvalue weighted by Crippen LogP contribution is 2.31. The zero-order valence-electron chi connectivity index (χ0n) is 24.1. The first kappa shape index (κ1) is 27.9. The van der Waals surface area contributed by atoms with E-state index in [2.05, 4.69) is 30.4 Å². The summed E-state index contributed by atoms with van der Waals surface area (Å²) in [7, 11) is 0. The van der Waals surface area contributed by atoms with Crippen LogP contribution < -0.4 is 16.0 Å². The van der Waals surface area contributed by atoms with Gasteiger partial charge < -0.3 is 20.1 Å². The Hall–Kier alpha value is -4.22.